The van der Waals surface area contributed by atoms with Gasteiger partial charge in [-0.25, -0.2) is 4.98 Å². The summed E-state index contributed by atoms with van der Waals surface area (Å²) in [5.74, 6) is 0.609. The van der Waals surface area contributed by atoms with E-state index >= 15 is 0 Å². The van der Waals surface area contributed by atoms with Gasteiger partial charge in [-0.2, -0.15) is 18.4 Å². The molecule has 1 saturated carbocycles. The second-order valence-corrected chi connectivity index (χ2v) is 9.11. The van der Waals surface area contributed by atoms with Crippen molar-refractivity contribution in [2.45, 2.75) is 35.3 Å². The fraction of sp³-hybridized carbons (Fsp3) is 0.263. The summed E-state index contributed by atoms with van der Waals surface area (Å²) in [6.07, 6.45) is 0.941. The van der Waals surface area contributed by atoms with Gasteiger partial charge in [0, 0.05) is 17.5 Å². The number of fused-ring (bicyclic) bond motifs is 2. The summed E-state index contributed by atoms with van der Waals surface area (Å²) in [6, 6.07) is 4.52. The summed E-state index contributed by atoms with van der Waals surface area (Å²) < 4.78 is 44.6. The number of nitriles is 1. The van der Waals surface area contributed by atoms with Crippen molar-refractivity contribution in [1.82, 2.24) is 20.2 Å². The third kappa shape index (κ3) is 3.79. The van der Waals surface area contributed by atoms with Crippen LogP contribution >= 0.6 is 23.5 Å². The zero-order valence-electron chi connectivity index (χ0n) is 15.5. The van der Waals surface area contributed by atoms with Crippen LogP contribution in [-0.2, 0) is 17.5 Å². The second kappa shape index (κ2) is 7.35. The van der Waals surface area contributed by atoms with Crippen LogP contribution in [0.5, 0.6) is 0 Å². The minimum absolute atomic E-state index is 0.0966. The lowest BCUT2D eigenvalue weighted by molar-refractivity contribution is -0.137. The Morgan fingerprint density at radius 2 is 2.06 bits per heavy atom. The standard InChI is InChI=1S/C19H11F3N6OS2/c20-19(21,22)11-5-10(7-23)14(25-8-11)9-30-17-26-18(1-2-18)12-6-13(15-24-3-4-29-15)27-28-16(12)31-17/h3-6,8H,1-2,9H2. The molecule has 1 aliphatic carbocycles. The van der Waals surface area contributed by atoms with Crippen molar-refractivity contribution >= 4 is 27.9 Å². The van der Waals surface area contributed by atoms with Crippen LogP contribution < -0.4 is 0 Å². The van der Waals surface area contributed by atoms with Crippen LogP contribution in [0.25, 0.3) is 11.6 Å². The first kappa shape index (κ1) is 20.0. The maximum absolute atomic E-state index is 12.9. The number of halogens is 3. The highest BCUT2D eigenvalue weighted by Gasteiger charge is 2.49. The van der Waals surface area contributed by atoms with Gasteiger partial charge in [0.05, 0.1) is 28.6 Å². The molecule has 31 heavy (non-hydrogen) atoms. The maximum Gasteiger partial charge on any atom is 0.417 e. The van der Waals surface area contributed by atoms with E-state index in [4.69, 9.17) is 9.41 Å². The number of alkyl halides is 3. The number of hydrogen-bond donors (Lipinski definition) is 0. The minimum Gasteiger partial charge on any atom is -0.443 e. The third-order valence-electron chi connectivity index (χ3n) is 4.88. The monoisotopic (exact) mass is 460 g/mol. The first-order valence-electron chi connectivity index (χ1n) is 9.03. The lowest BCUT2D eigenvalue weighted by atomic mass is 10.1. The van der Waals surface area contributed by atoms with Gasteiger partial charge in [0.1, 0.15) is 27.4 Å². The van der Waals surface area contributed by atoms with Crippen molar-refractivity contribution in [3.63, 3.8) is 0 Å². The molecule has 0 unspecified atom stereocenters. The van der Waals surface area contributed by atoms with Gasteiger partial charge in [-0.15, -0.1) is 10.2 Å². The van der Waals surface area contributed by atoms with Crippen LogP contribution in [0.15, 0.2) is 45.2 Å². The summed E-state index contributed by atoms with van der Waals surface area (Å²) in [6.45, 7) is 0. The average Bonchev–Trinajstić information content (AvgIpc) is 3.30. The Morgan fingerprint density at radius 1 is 1.23 bits per heavy atom. The number of oxazole rings is 1. The van der Waals surface area contributed by atoms with Crippen molar-refractivity contribution in [2.75, 3.05) is 0 Å². The van der Waals surface area contributed by atoms with Crippen molar-refractivity contribution in [3.05, 3.63) is 53.2 Å². The van der Waals surface area contributed by atoms with Gasteiger partial charge in [-0.3, -0.25) is 9.98 Å². The van der Waals surface area contributed by atoms with E-state index in [1.54, 1.807) is 6.07 Å². The smallest absolute Gasteiger partial charge is 0.417 e. The molecular weight excluding hydrogens is 449 g/mol. The van der Waals surface area contributed by atoms with Gasteiger partial charge in [0.25, 0.3) is 0 Å². The molecule has 4 heterocycles. The molecule has 3 aromatic heterocycles. The Morgan fingerprint density at radius 3 is 2.74 bits per heavy atom. The SMILES string of the molecule is N#Cc1cc(C(F)(F)F)cnc1CSC1=NC2(CC2)c2cc(-c3ncco3)nnc2S1. The summed E-state index contributed by atoms with van der Waals surface area (Å²) in [4.78, 5) is 12.8. The number of rotatable bonds is 3. The topological polar surface area (TPSA) is 101 Å². The predicted octanol–water partition coefficient (Wildman–Crippen LogP) is 4.80. The van der Waals surface area contributed by atoms with E-state index < -0.39 is 11.7 Å². The van der Waals surface area contributed by atoms with Crippen LogP contribution in [0.3, 0.4) is 0 Å². The van der Waals surface area contributed by atoms with Crippen molar-refractivity contribution in [1.29, 1.82) is 5.26 Å². The van der Waals surface area contributed by atoms with E-state index in [-0.39, 0.29) is 22.5 Å². The fourth-order valence-corrected chi connectivity index (χ4v) is 5.34. The molecule has 0 amide bonds. The van der Waals surface area contributed by atoms with Crippen LogP contribution in [0.1, 0.15) is 35.2 Å². The number of thioether (sulfide) groups is 2. The van der Waals surface area contributed by atoms with Crippen LogP contribution in [0.2, 0.25) is 0 Å². The summed E-state index contributed by atoms with van der Waals surface area (Å²) in [7, 11) is 0. The van der Waals surface area contributed by atoms with Crippen molar-refractivity contribution in [2.24, 2.45) is 4.99 Å². The Kier molecular flexibility index (Phi) is 4.75. The Balaban J connectivity index is 1.37. The molecule has 0 radical (unpaired) electrons. The van der Waals surface area contributed by atoms with Gasteiger partial charge >= 0.3 is 6.18 Å². The highest BCUT2D eigenvalue weighted by Crippen LogP contribution is 2.56. The molecule has 3 aromatic rings. The third-order valence-corrected chi connectivity index (χ3v) is 7.00. The quantitative estimate of drug-likeness (QED) is 0.549. The van der Waals surface area contributed by atoms with Crippen LogP contribution in [0.4, 0.5) is 13.2 Å². The number of aromatic nitrogens is 4. The summed E-state index contributed by atoms with van der Waals surface area (Å²) in [5, 5.41) is 18.5. The van der Waals surface area contributed by atoms with E-state index in [1.165, 1.54) is 36.0 Å². The average molecular weight is 460 g/mol. The number of pyridine rings is 1. The Labute approximate surface area is 182 Å². The van der Waals surface area contributed by atoms with E-state index in [0.29, 0.717) is 16.0 Å². The molecule has 1 spiro atoms. The molecule has 0 bridgehead atoms. The fourth-order valence-electron chi connectivity index (χ4n) is 3.14. The van der Waals surface area contributed by atoms with Crippen molar-refractivity contribution < 1.29 is 17.6 Å². The maximum atomic E-state index is 12.9. The van der Waals surface area contributed by atoms with Gasteiger partial charge in [0.2, 0.25) is 5.89 Å². The van der Waals surface area contributed by atoms with Crippen molar-refractivity contribution in [3.8, 4) is 17.7 Å². The molecule has 0 atom stereocenters. The lowest BCUT2D eigenvalue weighted by Gasteiger charge is -2.21. The van der Waals surface area contributed by atoms with Gasteiger partial charge < -0.3 is 4.42 Å². The van der Waals surface area contributed by atoms with Crippen LogP contribution in [-0.4, -0.2) is 24.5 Å². The van der Waals surface area contributed by atoms with Gasteiger partial charge in [-0.1, -0.05) is 11.8 Å². The van der Waals surface area contributed by atoms with Gasteiger partial charge in [-0.05, 0) is 36.7 Å². The normalized spacial score (nSPS) is 16.5. The Hall–Kier alpha value is -2.91. The first-order valence-corrected chi connectivity index (χ1v) is 10.8. The zero-order valence-corrected chi connectivity index (χ0v) is 17.2. The zero-order chi connectivity index (χ0) is 21.6. The molecule has 0 saturated heterocycles. The summed E-state index contributed by atoms with van der Waals surface area (Å²) >= 11 is 2.66. The largest absolute Gasteiger partial charge is 0.443 e. The molecule has 0 N–H and O–H groups in total. The predicted molar refractivity (Wildman–Crippen MR) is 107 cm³/mol. The Bertz CT molecular complexity index is 1230. The molecule has 156 valence electrons. The molecule has 5 rings (SSSR count). The van der Waals surface area contributed by atoms with E-state index in [9.17, 15) is 18.4 Å². The molecule has 1 aliphatic heterocycles. The first-order chi connectivity index (χ1) is 14.9. The molecule has 1 fully saturated rings. The van der Waals surface area contributed by atoms with Crippen LogP contribution in [0, 0.1) is 11.3 Å². The van der Waals surface area contributed by atoms with E-state index in [2.05, 4.69) is 20.2 Å². The molecular formula is C19H11F3N6OS2. The molecule has 7 nitrogen and oxygen atoms in total. The lowest BCUT2D eigenvalue weighted by Crippen LogP contribution is -2.15. The molecule has 2 aliphatic rings. The molecule has 12 heteroatoms. The van der Waals surface area contributed by atoms with E-state index in [1.807, 2.05) is 6.07 Å². The molecule has 0 aromatic carbocycles. The second-order valence-electron chi connectivity index (χ2n) is 6.91. The minimum atomic E-state index is -4.54. The highest BCUT2D eigenvalue weighted by atomic mass is 32.2. The van der Waals surface area contributed by atoms with Gasteiger partial charge in [0.15, 0.2) is 0 Å². The number of hydrogen-bond acceptors (Lipinski definition) is 9. The number of nitrogens with zero attached hydrogens (tertiary/aromatic N) is 6. The summed E-state index contributed by atoms with van der Waals surface area (Å²) in [5.41, 5.74) is 0.381. The highest BCUT2D eigenvalue weighted by molar-refractivity contribution is 8.38. The number of aliphatic imine (C=N–C) groups is 1. The van der Waals surface area contributed by atoms with E-state index in [0.717, 1.165) is 35.7 Å².